The maximum atomic E-state index is 11.8. The van der Waals surface area contributed by atoms with Crippen LogP contribution in [0.3, 0.4) is 0 Å². The third-order valence-electron chi connectivity index (χ3n) is 6.08. The molecule has 2 N–H and O–H groups in total. The van der Waals surface area contributed by atoms with Gasteiger partial charge in [0.1, 0.15) is 5.75 Å². The molecule has 3 unspecified atom stereocenters. The Labute approximate surface area is 143 Å². The first-order valence-electron chi connectivity index (χ1n) is 8.55. The summed E-state index contributed by atoms with van der Waals surface area (Å²) in [7, 11) is 1.63. The zero-order valence-corrected chi connectivity index (χ0v) is 15.4. The summed E-state index contributed by atoms with van der Waals surface area (Å²) in [5.74, 6) is 1.08. The van der Waals surface area contributed by atoms with Gasteiger partial charge >= 0.3 is 0 Å². The largest absolute Gasteiger partial charge is 0.497 e. The number of hydrogen-bond acceptors (Lipinski definition) is 4. The summed E-state index contributed by atoms with van der Waals surface area (Å²) in [6, 6.07) is 5.87. The van der Waals surface area contributed by atoms with Crippen molar-refractivity contribution in [2.75, 3.05) is 12.2 Å². The van der Waals surface area contributed by atoms with Crippen molar-refractivity contribution in [3.8, 4) is 5.75 Å². The second-order valence-electron chi connectivity index (χ2n) is 8.29. The van der Waals surface area contributed by atoms with Gasteiger partial charge in [0, 0.05) is 24.4 Å². The van der Waals surface area contributed by atoms with Crippen molar-refractivity contribution in [3.63, 3.8) is 0 Å². The highest BCUT2D eigenvalue weighted by molar-refractivity contribution is 5.74. The Morgan fingerprint density at radius 3 is 2.62 bits per heavy atom. The molecule has 5 nitrogen and oxygen atoms in total. The molecule has 2 aliphatic rings. The van der Waals surface area contributed by atoms with Gasteiger partial charge in [-0.15, -0.1) is 0 Å². The van der Waals surface area contributed by atoms with E-state index in [0.717, 1.165) is 23.4 Å². The number of nitrogens with zero attached hydrogens (tertiary/aromatic N) is 1. The van der Waals surface area contributed by atoms with Gasteiger partial charge in [-0.1, -0.05) is 26.8 Å². The number of hydrogen-bond donors (Lipinski definition) is 2. The topological polar surface area (TPSA) is 61.8 Å². The molecule has 0 bridgehead atoms. The lowest BCUT2D eigenvalue weighted by atomic mass is 9.56. The van der Waals surface area contributed by atoms with Gasteiger partial charge in [0.15, 0.2) is 0 Å². The normalized spacial score (nSPS) is 33.6. The summed E-state index contributed by atoms with van der Waals surface area (Å²) in [5.41, 5.74) is 1.48. The molecule has 1 aromatic carbocycles. The van der Waals surface area contributed by atoms with Gasteiger partial charge in [-0.05, 0) is 36.3 Å². The van der Waals surface area contributed by atoms with E-state index in [2.05, 4.69) is 33.0 Å². The number of methoxy groups -OCH3 is 1. The first kappa shape index (κ1) is 17.1. The number of fused-ring (bicyclic) bond motifs is 3. The molecule has 0 spiro atoms. The summed E-state index contributed by atoms with van der Waals surface area (Å²) in [6.45, 7) is 10.2. The van der Waals surface area contributed by atoms with Crippen LogP contribution in [-0.2, 0) is 4.79 Å². The molecule has 0 radical (unpaired) electrons. The first-order valence-corrected chi connectivity index (χ1v) is 8.55. The van der Waals surface area contributed by atoms with Gasteiger partial charge in [0.2, 0.25) is 5.91 Å². The Hall–Kier alpha value is -1.75. The average molecular weight is 332 g/mol. The van der Waals surface area contributed by atoms with Crippen molar-refractivity contribution in [2.45, 2.75) is 58.5 Å². The van der Waals surface area contributed by atoms with Crippen molar-refractivity contribution in [1.29, 1.82) is 0 Å². The third kappa shape index (κ3) is 2.37. The number of nitrogens with one attached hydrogen (secondary N) is 1. The number of rotatable bonds is 2. The zero-order chi connectivity index (χ0) is 17.9. The second-order valence-corrected chi connectivity index (χ2v) is 8.29. The maximum Gasteiger partial charge on any atom is 0.217 e. The second kappa shape index (κ2) is 5.38. The number of benzene rings is 1. The van der Waals surface area contributed by atoms with Crippen LogP contribution in [-0.4, -0.2) is 29.8 Å². The van der Waals surface area contributed by atoms with E-state index in [1.54, 1.807) is 14.0 Å². The predicted molar refractivity (Wildman–Crippen MR) is 93.6 cm³/mol. The Balaban J connectivity index is 2.11. The Kier molecular flexibility index (Phi) is 3.83. The summed E-state index contributed by atoms with van der Waals surface area (Å²) in [5, 5.41) is 15.5. The first-order chi connectivity index (χ1) is 11.1. The molecule has 1 aliphatic heterocycles. The van der Waals surface area contributed by atoms with Crippen molar-refractivity contribution in [3.05, 3.63) is 23.8 Å². The number of carbonyl (C=O) groups is 1. The molecule has 4 atom stereocenters. The predicted octanol–water partition coefficient (Wildman–Crippen LogP) is 3.32. The number of carbonyl (C=O) groups excluding carboxylic acids is 1. The van der Waals surface area contributed by atoms with Crippen LogP contribution in [0.2, 0.25) is 0 Å². The molecule has 1 amide bonds. The van der Waals surface area contributed by atoms with Gasteiger partial charge in [-0.25, -0.2) is 0 Å². The average Bonchev–Trinajstić information content (AvgIpc) is 2.77. The quantitative estimate of drug-likeness (QED) is 0.872. The molecule has 1 aromatic rings. The smallest absolute Gasteiger partial charge is 0.217 e. The molecular weight excluding hydrogens is 304 g/mol. The van der Waals surface area contributed by atoms with Crippen LogP contribution in [0.25, 0.3) is 0 Å². The molecule has 1 heterocycles. The monoisotopic (exact) mass is 332 g/mol. The number of anilines is 1. The van der Waals surface area contributed by atoms with Crippen LogP contribution in [0.1, 0.15) is 52.5 Å². The molecule has 0 aromatic heterocycles. The van der Waals surface area contributed by atoms with Crippen LogP contribution >= 0.6 is 0 Å². The van der Waals surface area contributed by atoms with Crippen molar-refractivity contribution < 1.29 is 14.7 Å². The van der Waals surface area contributed by atoms with Crippen LogP contribution in [0.5, 0.6) is 5.75 Å². The van der Waals surface area contributed by atoms with Gasteiger partial charge in [0.05, 0.1) is 18.8 Å². The van der Waals surface area contributed by atoms with Crippen LogP contribution in [0.4, 0.5) is 5.69 Å². The Morgan fingerprint density at radius 2 is 2.04 bits per heavy atom. The van der Waals surface area contributed by atoms with E-state index in [9.17, 15) is 10.0 Å². The standard InChI is InChI=1S/C19H28N2O3/c1-11-16-14-8-7-13(24-6)9-15(14)21(23)17(16)18(3,4)10-19(11,5)20-12(2)22/h7-9,11,16-17,23H,10H2,1-6H3,(H,20,22)/t11?,16?,17?,19-/m0/s1. The van der Waals surface area contributed by atoms with Gasteiger partial charge < -0.3 is 10.1 Å². The molecule has 0 saturated heterocycles. The van der Waals surface area contributed by atoms with E-state index in [0.29, 0.717) is 0 Å². The summed E-state index contributed by atoms with van der Waals surface area (Å²) >= 11 is 0. The Bertz CT molecular complexity index is 673. The van der Waals surface area contributed by atoms with E-state index < -0.39 is 0 Å². The van der Waals surface area contributed by atoms with Crippen molar-refractivity contribution >= 4 is 11.6 Å². The fraction of sp³-hybridized carbons (Fsp3) is 0.632. The lowest BCUT2D eigenvalue weighted by Crippen LogP contribution is -2.63. The summed E-state index contributed by atoms with van der Waals surface area (Å²) < 4.78 is 5.32. The van der Waals surface area contributed by atoms with E-state index in [1.807, 2.05) is 18.2 Å². The highest BCUT2D eigenvalue weighted by Gasteiger charge is 2.58. The lowest BCUT2D eigenvalue weighted by Gasteiger charge is -2.54. The van der Waals surface area contributed by atoms with E-state index >= 15 is 0 Å². The molecular formula is C19H28N2O3. The van der Waals surface area contributed by atoms with Gasteiger partial charge in [-0.3, -0.25) is 15.1 Å². The van der Waals surface area contributed by atoms with E-state index in [4.69, 9.17) is 4.74 Å². The molecule has 1 saturated carbocycles. The minimum atomic E-state index is -0.307. The van der Waals surface area contributed by atoms with Gasteiger partial charge in [0.25, 0.3) is 0 Å². The number of hydroxylamine groups is 1. The van der Waals surface area contributed by atoms with E-state index in [-0.39, 0.29) is 34.7 Å². The maximum absolute atomic E-state index is 11.8. The fourth-order valence-corrected chi connectivity index (χ4v) is 5.13. The molecule has 24 heavy (non-hydrogen) atoms. The molecule has 5 heteroatoms. The van der Waals surface area contributed by atoms with Gasteiger partial charge in [-0.2, -0.15) is 0 Å². The highest BCUT2D eigenvalue weighted by Crippen LogP contribution is 2.58. The van der Waals surface area contributed by atoms with Crippen molar-refractivity contribution in [2.24, 2.45) is 11.3 Å². The number of amides is 1. The van der Waals surface area contributed by atoms with Crippen LogP contribution < -0.4 is 15.1 Å². The van der Waals surface area contributed by atoms with Crippen LogP contribution in [0.15, 0.2) is 18.2 Å². The summed E-state index contributed by atoms with van der Waals surface area (Å²) in [4.78, 5) is 11.8. The molecule has 132 valence electrons. The zero-order valence-electron chi connectivity index (χ0n) is 15.4. The highest BCUT2D eigenvalue weighted by atomic mass is 16.5. The Morgan fingerprint density at radius 1 is 1.38 bits per heavy atom. The minimum Gasteiger partial charge on any atom is -0.497 e. The fourth-order valence-electron chi connectivity index (χ4n) is 5.13. The SMILES string of the molecule is COc1ccc2c(c1)N(O)C1C2C(C)[C@@](C)(NC(C)=O)CC1(C)C. The number of ether oxygens (including phenoxy) is 1. The lowest BCUT2D eigenvalue weighted by molar-refractivity contribution is -0.123. The molecule has 1 aliphatic carbocycles. The molecule has 1 fully saturated rings. The summed E-state index contributed by atoms with van der Waals surface area (Å²) in [6.07, 6.45) is 0.810. The minimum absolute atomic E-state index is 0.00703. The molecule has 3 rings (SSSR count). The van der Waals surface area contributed by atoms with Crippen molar-refractivity contribution in [1.82, 2.24) is 5.32 Å². The van der Waals surface area contributed by atoms with Crippen LogP contribution in [0, 0.1) is 11.3 Å². The van der Waals surface area contributed by atoms with E-state index in [1.165, 1.54) is 5.06 Å². The third-order valence-corrected chi connectivity index (χ3v) is 6.08.